The second-order valence-corrected chi connectivity index (χ2v) is 5.63. The van der Waals surface area contributed by atoms with Crippen LogP contribution in [0.4, 0.5) is 11.4 Å². The molecule has 28 heavy (non-hydrogen) atoms. The molecule has 0 saturated carbocycles. The van der Waals surface area contributed by atoms with Gasteiger partial charge < -0.3 is 20.2 Å². The number of nitro benzene ring substituents is 1. The van der Waals surface area contributed by atoms with Gasteiger partial charge in [-0.25, -0.2) is 0 Å². The summed E-state index contributed by atoms with van der Waals surface area (Å²) in [6.07, 6.45) is 1.29. The van der Waals surface area contributed by atoms with E-state index in [1.54, 1.807) is 6.07 Å². The van der Waals surface area contributed by atoms with Crippen molar-refractivity contribution in [3.8, 4) is 5.75 Å². The molecule has 3 rings (SSSR count). The van der Waals surface area contributed by atoms with E-state index in [-0.39, 0.29) is 40.9 Å². The number of nitrogens with two attached hydrogens (primary N) is 1. The highest BCUT2D eigenvalue weighted by Crippen LogP contribution is 2.27. The monoisotopic (exact) mass is 385 g/mol. The molecule has 0 fully saturated rings. The minimum absolute atomic E-state index is 0.0413. The number of anilines is 1. The molecule has 3 aromatic rings. The van der Waals surface area contributed by atoms with Gasteiger partial charge in [-0.05, 0) is 18.2 Å². The van der Waals surface area contributed by atoms with Crippen LogP contribution in [-0.2, 0) is 13.7 Å². The molecule has 11 heteroatoms. The van der Waals surface area contributed by atoms with Gasteiger partial charge in [0.2, 0.25) is 0 Å². The molecule has 0 spiro atoms. The predicted molar refractivity (Wildman–Crippen MR) is 95.8 cm³/mol. The predicted octanol–water partition coefficient (Wildman–Crippen LogP) is 1.85. The number of hydrogen-bond donors (Lipinski definition) is 2. The van der Waals surface area contributed by atoms with Crippen LogP contribution in [0.25, 0.3) is 0 Å². The summed E-state index contributed by atoms with van der Waals surface area (Å²) < 4.78 is 12.0. The number of para-hydroxylation sites is 2. The molecule has 0 aliphatic carbocycles. The first-order valence-corrected chi connectivity index (χ1v) is 7.95. The number of aryl methyl sites for hydroxylation is 1. The zero-order valence-electron chi connectivity index (χ0n) is 14.6. The molecule has 2 heterocycles. The molecule has 0 unspecified atom stereocenters. The standard InChI is InChI=1S/C17H15N5O6/c1-21-15(16(18)23)11(8-19-21)20-17(24)14-7-6-10(28-14)9-27-13-5-3-2-4-12(13)22(25)26/h2-8H,9H2,1H3,(H2,18,23)(H,20,24). The van der Waals surface area contributed by atoms with E-state index in [0.29, 0.717) is 0 Å². The fraction of sp³-hybridized carbons (Fsp3) is 0.118. The summed E-state index contributed by atoms with van der Waals surface area (Å²) in [5.41, 5.74) is 5.28. The highest BCUT2D eigenvalue weighted by Gasteiger charge is 2.19. The molecule has 0 atom stereocenters. The van der Waals surface area contributed by atoms with E-state index in [0.717, 1.165) is 0 Å². The maximum Gasteiger partial charge on any atom is 0.310 e. The zero-order chi connectivity index (χ0) is 20.3. The molecule has 2 amide bonds. The smallest absolute Gasteiger partial charge is 0.310 e. The number of rotatable bonds is 7. The molecule has 2 aromatic heterocycles. The number of hydrogen-bond acceptors (Lipinski definition) is 7. The first kappa shape index (κ1) is 18.6. The van der Waals surface area contributed by atoms with Crippen molar-refractivity contribution in [2.75, 3.05) is 5.32 Å². The summed E-state index contributed by atoms with van der Waals surface area (Å²) >= 11 is 0. The number of furan rings is 1. The Balaban J connectivity index is 1.68. The van der Waals surface area contributed by atoms with Crippen LogP contribution in [0.3, 0.4) is 0 Å². The summed E-state index contributed by atoms with van der Waals surface area (Å²) in [4.78, 5) is 34.2. The Labute approximate surface area is 157 Å². The number of primary amides is 1. The largest absolute Gasteiger partial charge is 0.479 e. The van der Waals surface area contributed by atoms with Crippen LogP contribution in [0.2, 0.25) is 0 Å². The number of carbonyl (C=O) groups excluding carboxylic acids is 2. The molecule has 3 N–H and O–H groups in total. The van der Waals surface area contributed by atoms with Crippen molar-refractivity contribution in [2.24, 2.45) is 12.8 Å². The average molecular weight is 385 g/mol. The lowest BCUT2D eigenvalue weighted by Crippen LogP contribution is -2.20. The number of amides is 2. The maximum atomic E-state index is 12.3. The van der Waals surface area contributed by atoms with Gasteiger partial charge in [0.05, 0.1) is 16.8 Å². The second-order valence-electron chi connectivity index (χ2n) is 5.63. The molecular weight excluding hydrogens is 370 g/mol. The number of nitrogens with one attached hydrogen (secondary N) is 1. The number of carbonyl (C=O) groups is 2. The van der Waals surface area contributed by atoms with E-state index in [2.05, 4.69) is 10.4 Å². The highest BCUT2D eigenvalue weighted by atomic mass is 16.6. The fourth-order valence-corrected chi connectivity index (χ4v) is 2.46. The van der Waals surface area contributed by atoms with Crippen LogP contribution in [-0.4, -0.2) is 26.5 Å². The van der Waals surface area contributed by atoms with Crippen LogP contribution in [0.15, 0.2) is 47.0 Å². The molecule has 0 bridgehead atoms. The Hall–Kier alpha value is -4.15. The third-order valence-corrected chi connectivity index (χ3v) is 3.74. The lowest BCUT2D eigenvalue weighted by Gasteiger charge is -2.05. The van der Waals surface area contributed by atoms with E-state index in [9.17, 15) is 19.7 Å². The van der Waals surface area contributed by atoms with Gasteiger partial charge in [-0.3, -0.25) is 24.4 Å². The number of aromatic nitrogens is 2. The molecule has 0 aliphatic heterocycles. The molecule has 1 aromatic carbocycles. The van der Waals surface area contributed by atoms with Crippen molar-refractivity contribution in [3.05, 3.63) is 69.9 Å². The zero-order valence-corrected chi connectivity index (χ0v) is 14.6. The SMILES string of the molecule is Cn1ncc(NC(=O)c2ccc(COc3ccccc3[N+](=O)[O-])o2)c1C(N)=O. The lowest BCUT2D eigenvalue weighted by molar-refractivity contribution is -0.386. The van der Waals surface area contributed by atoms with Crippen molar-refractivity contribution in [1.29, 1.82) is 0 Å². The summed E-state index contributed by atoms with van der Waals surface area (Å²) in [7, 11) is 1.51. The van der Waals surface area contributed by atoms with Crippen molar-refractivity contribution in [3.63, 3.8) is 0 Å². The van der Waals surface area contributed by atoms with Gasteiger partial charge in [-0.15, -0.1) is 0 Å². The lowest BCUT2D eigenvalue weighted by atomic mass is 10.3. The third-order valence-electron chi connectivity index (χ3n) is 3.74. The first-order chi connectivity index (χ1) is 13.4. The second kappa shape index (κ2) is 7.61. The van der Waals surface area contributed by atoms with Crippen LogP contribution in [0.5, 0.6) is 5.75 Å². The molecule has 144 valence electrons. The quantitative estimate of drug-likeness (QED) is 0.464. The van der Waals surface area contributed by atoms with Crippen molar-refractivity contribution in [1.82, 2.24) is 9.78 Å². The number of ether oxygens (including phenoxy) is 1. The third kappa shape index (κ3) is 3.82. The molecule has 11 nitrogen and oxygen atoms in total. The summed E-state index contributed by atoms with van der Waals surface area (Å²) in [5.74, 6) is -1.04. The fourth-order valence-electron chi connectivity index (χ4n) is 2.46. The van der Waals surface area contributed by atoms with Gasteiger partial charge in [-0.1, -0.05) is 12.1 Å². The summed E-state index contributed by atoms with van der Waals surface area (Å²) in [6.45, 7) is -0.114. The number of nitrogens with zero attached hydrogens (tertiary/aromatic N) is 3. The van der Waals surface area contributed by atoms with E-state index in [1.807, 2.05) is 0 Å². The van der Waals surface area contributed by atoms with Gasteiger partial charge in [0.1, 0.15) is 18.1 Å². The summed E-state index contributed by atoms with van der Waals surface area (Å²) in [5, 5.41) is 17.4. The van der Waals surface area contributed by atoms with Gasteiger partial charge in [0.25, 0.3) is 11.8 Å². The Morgan fingerprint density at radius 2 is 2.07 bits per heavy atom. The van der Waals surface area contributed by atoms with Crippen LogP contribution in [0, 0.1) is 10.1 Å². The topological polar surface area (TPSA) is 156 Å². The van der Waals surface area contributed by atoms with E-state index >= 15 is 0 Å². The van der Waals surface area contributed by atoms with E-state index in [1.165, 1.54) is 48.3 Å². The van der Waals surface area contributed by atoms with Crippen molar-refractivity contribution >= 4 is 23.2 Å². The van der Waals surface area contributed by atoms with E-state index < -0.39 is 16.7 Å². The highest BCUT2D eigenvalue weighted by molar-refractivity contribution is 6.06. The van der Waals surface area contributed by atoms with Crippen molar-refractivity contribution < 1.29 is 23.7 Å². The van der Waals surface area contributed by atoms with Crippen LogP contribution >= 0.6 is 0 Å². The first-order valence-electron chi connectivity index (χ1n) is 7.95. The van der Waals surface area contributed by atoms with Crippen LogP contribution in [0.1, 0.15) is 26.8 Å². The summed E-state index contributed by atoms with van der Waals surface area (Å²) in [6, 6.07) is 8.82. The Bertz CT molecular complexity index is 1050. The average Bonchev–Trinajstić information content (AvgIpc) is 3.27. The molecule has 0 radical (unpaired) electrons. The van der Waals surface area contributed by atoms with Gasteiger partial charge in [0.15, 0.2) is 11.5 Å². The Morgan fingerprint density at radius 3 is 2.79 bits per heavy atom. The number of benzene rings is 1. The number of nitro groups is 1. The molecule has 0 saturated heterocycles. The van der Waals surface area contributed by atoms with E-state index in [4.69, 9.17) is 14.9 Å². The Morgan fingerprint density at radius 1 is 1.32 bits per heavy atom. The van der Waals surface area contributed by atoms with Crippen LogP contribution < -0.4 is 15.8 Å². The van der Waals surface area contributed by atoms with Gasteiger partial charge >= 0.3 is 5.69 Å². The minimum Gasteiger partial charge on any atom is -0.479 e. The Kier molecular flexibility index (Phi) is 5.07. The molecular formula is C17H15N5O6. The van der Waals surface area contributed by atoms with Gasteiger partial charge in [0, 0.05) is 13.1 Å². The minimum atomic E-state index is -0.742. The van der Waals surface area contributed by atoms with Gasteiger partial charge in [-0.2, -0.15) is 5.10 Å². The van der Waals surface area contributed by atoms with Crippen molar-refractivity contribution in [2.45, 2.75) is 6.61 Å². The normalized spacial score (nSPS) is 10.5. The maximum absolute atomic E-state index is 12.3. The molecule has 0 aliphatic rings.